The Kier molecular flexibility index (Phi) is 8.39. The summed E-state index contributed by atoms with van der Waals surface area (Å²) < 4.78 is 0. The van der Waals surface area contributed by atoms with Crippen LogP contribution in [0.3, 0.4) is 0 Å². The number of nitrogens with one attached hydrogen (secondary N) is 3. The van der Waals surface area contributed by atoms with Crippen LogP contribution in [0.4, 0.5) is 0 Å². The van der Waals surface area contributed by atoms with Crippen molar-refractivity contribution in [2.75, 3.05) is 19.6 Å². The van der Waals surface area contributed by atoms with Crippen LogP contribution in [0.25, 0.3) is 0 Å². The van der Waals surface area contributed by atoms with Gasteiger partial charge in [-0.1, -0.05) is 32.9 Å². The summed E-state index contributed by atoms with van der Waals surface area (Å²) in [4.78, 5) is 24.0. The van der Waals surface area contributed by atoms with Crippen molar-refractivity contribution in [2.45, 2.75) is 40.2 Å². The van der Waals surface area contributed by atoms with Crippen molar-refractivity contribution in [1.29, 1.82) is 0 Å². The van der Waals surface area contributed by atoms with Crippen molar-refractivity contribution in [3.63, 3.8) is 0 Å². The third-order valence-electron chi connectivity index (χ3n) is 4.35. The molecule has 140 valence electrons. The Morgan fingerprint density at radius 1 is 1.16 bits per heavy atom. The van der Waals surface area contributed by atoms with Gasteiger partial charge in [-0.05, 0) is 49.5 Å². The number of hydrogen-bond donors (Lipinski definition) is 3. The molecule has 1 aliphatic heterocycles. The highest BCUT2D eigenvalue weighted by molar-refractivity contribution is 5.94. The Bertz CT molecular complexity index is 561. The average Bonchev–Trinajstić information content (AvgIpc) is 3.05. The van der Waals surface area contributed by atoms with Gasteiger partial charge in [-0.15, -0.1) is 12.4 Å². The van der Waals surface area contributed by atoms with Gasteiger partial charge < -0.3 is 16.0 Å². The van der Waals surface area contributed by atoms with Crippen molar-refractivity contribution in [1.82, 2.24) is 16.0 Å². The van der Waals surface area contributed by atoms with E-state index in [0.29, 0.717) is 24.6 Å². The summed E-state index contributed by atoms with van der Waals surface area (Å²) >= 11 is 0. The quantitative estimate of drug-likeness (QED) is 0.723. The van der Waals surface area contributed by atoms with Crippen LogP contribution in [-0.4, -0.2) is 31.4 Å². The minimum absolute atomic E-state index is 0. The van der Waals surface area contributed by atoms with Crippen molar-refractivity contribution in [2.24, 2.45) is 11.3 Å². The summed E-state index contributed by atoms with van der Waals surface area (Å²) in [5.74, 6) is 0.663. The van der Waals surface area contributed by atoms with E-state index in [-0.39, 0.29) is 24.2 Å². The molecule has 1 atom stereocenters. The second-order valence-electron chi connectivity index (χ2n) is 7.53. The molecule has 1 fully saturated rings. The van der Waals surface area contributed by atoms with Gasteiger partial charge in [-0.3, -0.25) is 9.59 Å². The van der Waals surface area contributed by atoms with Gasteiger partial charge in [0.05, 0.1) is 0 Å². The molecule has 1 unspecified atom stereocenters. The number of hydrogen-bond acceptors (Lipinski definition) is 3. The summed E-state index contributed by atoms with van der Waals surface area (Å²) in [6, 6.07) is 7.40. The standard InChI is InChI=1S/C19H29N3O2.ClH/c1-19(2,3)18(24)22-13-14-4-6-16(7-5-14)17(23)21-11-9-15-8-10-20-12-15;/h4-7,15,20H,8-13H2,1-3H3,(H,21,23)(H,22,24);1H. The normalized spacial score (nSPS) is 16.8. The van der Waals surface area contributed by atoms with Crippen LogP contribution in [0.5, 0.6) is 0 Å². The number of carbonyl (C=O) groups is 2. The fourth-order valence-corrected chi connectivity index (χ4v) is 2.67. The fraction of sp³-hybridized carbons (Fsp3) is 0.579. The van der Waals surface area contributed by atoms with Gasteiger partial charge >= 0.3 is 0 Å². The number of amides is 2. The van der Waals surface area contributed by atoms with Gasteiger partial charge in [0.2, 0.25) is 5.91 Å². The lowest BCUT2D eigenvalue weighted by atomic mass is 9.95. The van der Waals surface area contributed by atoms with Crippen molar-refractivity contribution in [3.8, 4) is 0 Å². The Balaban J connectivity index is 0.00000312. The first kappa shape index (κ1) is 21.5. The maximum atomic E-state index is 12.1. The molecule has 1 heterocycles. The van der Waals surface area contributed by atoms with Crippen LogP contribution in [0.1, 0.15) is 49.5 Å². The molecule has 3 N–H and O–H groups in total. The van der Waals surface area contributed by atoms with Crippen LogP contribution >= 0.6 is 12.4 Å². The highest BCUT2D eigenvalue weighted by Gasteiger charge is 2.20. The van der Waals surface area contributed by atoms with E-state index in [1.807, 2.05) is 45.0 Å². The Morgan fingerprint density at radius 2 is 1.84 bits per heavy atom. The second-order valence-corrected chi connectivity index (χ2v) is 7.53. The topological polar surface area (TPSA) is 70.2 Å². The third kappa shape index (κ3) is 7.04. The summed E-state index contributed by atoms with van der Waals surface area (Å²) in [5.41, 5.74) is 1.25. The predicted molar refractivity (Wildman–Crippen MR) is 103 cm³/mol. The molecule has 0 aromatic heterocycles. The molecule has 1 aromatic carbocycles. The first-order valence-electron chi connectivity index (χ1n) is 8.72. The summed E-state index contributed by atoms with van der Waals surface area (Å²) in [6.07, 6.45) is 2.22. The van der Waals surface area contributed by atoms with E-state index in [1.165, 1.54) is 6.42 Å². The van der Waals surface area contributed by atoms with Crippen LogP contribution in [0.15, 0.2) is 24.3 Å². The van der Waals surface area contributed by atoms with E-state index >= 15 is 0 Å². The molecule has 1 aromatic rings. The number of benzene rings is 1. The van der Waals surface area contributed by atoms with Crippen LogP contribution in [0.2, 0.25) is 0 Å². The largest absolute Gasteiger partial charge is 0.352 e. The van der Waals surface area contributed by atoms with E-state index in [9.17, 15) is 9.59 Å². The van der Waals surface area contributed by atoms with Gasteiger partial charge in [0.15, 0.2) is 0 Å². The average molecular weight is 368 g/mol. The Morgan fingerprint density at radius 3 is 2.40 bits per heavy atom. The highest BCUT2D eigenvalue weighted by Crippen LogP contribution is 2.13. The van der Waals surface area contributed by atoms with E-state index in [0.717, 1.165) is 25.1 Å². The lowest BCUT2D eigenvalue weighted by Crippen LogP contribution is -2.34. The van der Waals surface area contributed by atoms with E-state index in [1.54, 1.807) is 0 Å². The minimum atomic E-state index is -0.394. The van der Waals surface area contributed by atoms with E-state index in [4.69, 9.17) is 0 Å². The smallest absolute Gasteiger partial charge is 0.251 e. The first-order valence-corrected chi connectivity index (χ1v) is 8.72. The molecular formula is C19H30ClN3O2. The zero-order valence-corrected chi connectivity index (χ0v) is 16.2. The highest BCUT2D eigenvalue weighted by atomic mass is 35.5. The Labute approximate surface area is 156 Å². The van der Waals surface area contributed by atoms with Crippen molar-refractivity contribution < 1.29 is 9.59 Å². The van der Waals surface area contributed by atoms with Gasteiger partial charge in [0, 0.05) is 24.1 Å². The minimum Gasteiger partial charge on any atom is -0.352 e. The molecule has 0 saturated carbocycles. The lowest BCUT2D eigenvalue weighted by Gasteiger charge is -2.17. The van der Waals surface area contributed by atoms with Gasteiger partial charge in [-0.2, -0.15) is 0 Å². The summed E-state index contributed by atoms with van der Waals surface area (Å²) in [6.45, 7) is 9.00. The molecule has 6 heteroatoms. The maximum absolute atomic E-state index is 12.1. The maximum Gasteiger partial charge on any atom is 0.251 e. The molecule has 0 radical (unpaired) electrons. The summed E-state index contributed by atoms with van der Waals surface area (Å²) in [7, 11) is 0. The van der Waals surface area contributed by atoms with Gasteiger partial charge in [0.1, 0.15) is 0 Å². The zero-order valence-electron chi connectivity index (χ0n) is 15.4. The van der Waals surface area contributed by atoms with Crippen LogP contribution < -0.4 is 16.0 Å². The SMILES string of the molecule is CC(C)(C)C(=O)NCc1ccc(C(=O)NCCC2CCNC2)cc1.Cl. The first-order chi connectivity index (χ1) is 11.4. The van der Waals surface area contributed by atoms with Crippen LogP contribution in [0, 0.1) is 11.3 Å². The molecule has 0 aliphatic carbocycles. The number of carbonyl (C=O) groups excluding carboxylic acids is 2. The zero-order chi connectivity index (χ0) is 17.6. The molecule has 5 nitrogen and oxygen atoms in total. The fourth-order valence-electron chi connectivity index (χ4n) is 2.67. The molecule has 0 spiro atoms. The molecule has 1 saturated heterocycles. The van der Waals surface area contributed by atoms with Crippen molar-refractivity contribution >= 4 is 24.2 Å². The van der Waals surface area contributed by atoms with E-state index in [2.05, 4.69) is 16.0 Å². The number of halogens is 1. The van der Waals surface area contributed by atoms with Gasteiger partial charge in [0.25, 0.3) is 5.91 Å². The predicted octanol–water partition coefficient (Wildman–Crippen LogP) is 2.50. The summed E-state index contributed by atoms with van der Waals surface area (Å²) in [5, 5.41) is 9.22. The lowest BCUT2D eigenvalue weighted by molar-refractivity contribution is -0.128. The molecule has 0 bridgehead atoms. The van der Waals surface area contributed by atoms with E-state index < -0.39 is 5.41 Å². The monoisotopic (exact) mass is 367 g/mol. The molecular weight excluding hydrogens is 338 g/mol. The van der Waals surface area contributed by atoms with Crippen LogP contribution in [-0.2, 0) is 11.3 Å². The van der Waals surface area contributed by atoms with Gasteiger partial charge in [-0.25, -0.2) is 0 Å². The third-order valence-corrected chi connectivity index (χ3v) is 4.35. The molecule has 2 amide bonds. The molecule has 25 heavy (non-hydrogen) atoms. The molecule has 2 rings (SSSR count). The van der Waals surface area contributed by atoms with Crippen molar-refractivity contribution in [3.05, 3.63) is 35.4 Å². The number of rotatable bonds is 6. The second kappa shape index (κ2) is 9.78. The Hall–Kier alpha value is -1.59. The molecule has 1 aliphatic rings.